The first-order valence-electron chi connectivity index (χ1n) is 10.2. The normalized spacial score (nSPS) is 11.7. The van der Waals surface area contributed by atoms with E-state index in [-0.39, 0.29) is 37.9 Å². The molecule has 1 aromatic heterocycles. The fraction of sp³-hybridized carbons (Fsp3) is 0.500. The lowest BCUT2D eigenvalue weighted by molar-refractivity contribution is -0.133. The molecule has 1 amide bonds. The second-order valence-corrected chi connectivity index (χ2v) is 9.33. The third kappa shape index (κ3) is 7.59. The Labute approximate surface area is 179 Å². The van der Waals surface area contributed by atoms with E-state index >= 15 is 0 Å². The molecular weight excluding hydrogens is 404 g/mol. The van der Waals surface area contributed by atoms with Gasteiger partial charge in [0, 0.05) is 20.2 Å². The van der Waals surface area contributed by atoms with Crippen LogP contribution in [0, 0.1) is 6.92 Å². The van der Waals surface area contributed by atoms with Crippen LogP contribution in [-0.4, -0.2) is 56.1 Å². The van der Waals surface area contributed by atoms with Gasteiger partial charge in [0.1, 0.15) is 11.5 Å². The molecule has 30 heavy (non-hydrogen) atoms. The van der Waals surface area contributed by atoms with Gasteiger partial charge in [0.2, 0.25) is 15.9 Å². The number of sulfonamides is 1. The maximum Gasteiger partial charge on any atom is 0.238 e. The van der Waals surface area contributed by atoms with E-state index in [0.717, 1.165) is 17.7 Å². The van der Waals surface area contributed by atoms with Crippen LogP contribution in [-0.2, 0) is 32.6 Å². The Kier molecular flexibility index (Phi) is 9.55. The monoisotopic (exact) mass is 436 g/mol. The van der Waals surface area contributed by atoms with Crippen molar-refractivity contribution in [3.63, 3.8) is 0 Å². The molecule has 0 aliphatic rings. The first-order valence-corrected chi connectivity index (χ1v) is 11.8. The van der Waals surface area contributed by atoms with Crippen molar-refractivity contribution in [2.75, 3.05) is 32.6 Å². The number of hydrogen-bond acceptors (Lipinski definition) is 5. The van der Waals surface area contributed by atoms with Crippen LogP contribution < -0.4 is 0 Å². The molecule has 0 atom stereocenters. The number of methoxy groups -OCH3 is 1. The Bertz CT molecular complexity index is 880. The highest BCUT2D eigenvalue weighted by Gasteiger charge is 2.27. The smallest absolute Gasteiger partial charge is 0.238 e. The molecule has 0 unspecified atom stereocenters. The molecule has 0 saturated carbocycles. The van der Waals surface area contributed by atoms with Crippen molar-refractivity contribution in [3.05, 3.63) is 59.5 Å². The van der Waals surface area contributed by atoms with Crippen LogP contribution in [0.2, 0.25) is 0 Å². The van der Waals surface area contributed by atoms with Crippen LogP contribution in [0.3, 0.4) is 0 Å². The number of unbranched alkanes of at least 4 members (excludes halogenated alkanes) is 1. The second kappa shape index (κ2) is 11.9. The molecule has 7 nitrogen and oxygen atoms in total. The van der Waals surface area contributed by atoms with Crippen LogP contribution in [0.25, 0.3) is 0 Å². The first kappa shape index (κ1) is 24.1. The van der Waals surface area contributed by atoms with E-state index in [4.69, 9.17) is 9.15 Å². The summed E-state index contributed by atoms with van der Waals surface area (Å²) in [6.45, 7) is 4.58. The molecule has 8 heteroatoms. The van der Waals surface area contributed by atoms with E-state index < -0.39 is 10.0 Å². The summed E-state index contributed by atoms with van der Waals surface area (Å²) in [5.74, 6) is 1.18. The van der Waals surface area contributed by atoms with Crippen LogP contribution >= 0.6 is 0 Å². The fourth-order valence-electron chi connectivity index (χ4n) is 3.01. The Hall–Kier alpha value is -2.16. The van der Waals surface area contributed by atoms with Gasteiger partial charge in [-0.2, -0.15) is 4.31 Å². The fourth-order valence-corrected chi connectivity index (χ4v) is 4.58. The molecule has 166 valence electrons. The summed E-state index contributed by atoms with van der Waals surface area (Å²) in [6, 6.07) is 13.3. The predicted molar refractivity (Wildman–Crippen MR) is 116 cm³/mol. The summed E-state index contributed by atoms with van der Waals surface area (Å²) in [7, 11) is -2.03. The zero-order valence-electron chi connectivity index (χ0n) is 18.0. The number of ether oxygens (including phenoxy) is 1. The van der Waals surface area contributed by atoms with E-state index in [1.165, 1.54) is 11.4 Å². The summed E-state index contributed by atoms with van der Waals surface area (Å²) >= 11 is 0. The van der Waals surface area contributed by atoms with E-state index in [1.807, 2.05) is 56.3 Å². The van der Waals surface area contributed by atoms with Gasteiger partial charge in [0.25, 0.3) is 0 Å². The van der Waals surface area contributed by atoms with Gasteiger partial charge in [-0.15, -0.1) is 0 Å². The molecule has 0 N–H and O–H groups in total. The zero-order valence-corrected chi connectivity index (χ0v) is 18.9. The molecule has 0 saturated heterocycles. The molecule has 0 aliphatic carbocycles. The summed E-state index contributed by atoms with van der Waals surface area (Å²) in [5, 5.41) is 0. The van der Waals surface area contributed by atoms with Crippen molar-refractivity contribution in [1.29, 1.82) is 0 Å². The number of amides is 1. The minimum absolute atomic E-state index is 0.0244. The van der Waals surface area contributed by atoms with Crippen LogP contribution in [0.1, 0.15) is 36.8 Å². The maximum absolute atomic E-state index is 13.2. The van der Waals surface area contributed by atoms with E-state index in [9.17, 15) is 13.2 Å². The number of rotatable bonds is 13. The number of furan rings is 1. The summed E-state index contributed by atoms with van der Waals surface area (Å²) < 4.78 is 37.5. The topological polar surface area (TPSA) is 80.1 Å². The third-order valence-electron chi connectivity index (χ3n) is 4.72. The van der Waals surface area contributed by atoms with Crippen LogP contribution in [0.15, 0.2) is 46.9 Å². The van der Waals surface area contributed by atoms with Gasteiger partial charge >= 0.3 is 0 Å². The number of nitrogens with zero attached hydrogens (tertiary/aromatic N) is 2. The van der Waals surface area contributed by atoms with E-state index in [2.05, 4.69) is 0 Å². The average Bonchev–Trinajstić information content (AvgIpc) is 3.14. The number of carbonyl (C=O) groups is 1. The largest absolute Gasteiger partial charge is 0.464 e. The Morgan fingerprint density at radius 1 is 1.10 bits per heavy atom. The predicted octanol–water partition coefficient (Wildman–Crippen LogP) is 3.20. The van der Waals surface area contributed by atoms with Crippen molar-refractivity contribution in [2.24, 2.45) is 0 Å². The molecule has 2 aromatic rings. The van der Waals surface area contributed by atoms with E-state index in [0.29, 0.717) is 18.7 Å². The van der Waals surface area contributed by atoms with Gasteiger partial charge in [0.15, 0.2) is 0 Å². The molecule has 2 rings (SSSR count). The molecule has 0 radical (unpaired) electrons. The van der Waals surface area contributed by atoms with Crippen molar-refractivity contribution in [1.82, 2.24) is 9.21 Å². The Morgan fingerprint density at radius 2 is 1.83 bits per heavy atom. The zero-order chi connectivity index (χ0) is 22.0. The molecule has 0 bridgehead atoms. The van der Waals surface area contributed by atoms with E-state index in [1.54, 1.807) is 4.90 Å². The molecular formula is C22H32N2O5S. The number of carbonyl (C=O) groups excluding carboxylic acids is 1. The highest BCUT2D eigenvalue weighted by Crippen LogP contribution is 2.15. The Balaban J connectivity index is 2.20. The standard InChI is InChI=1S/C22H32N2O5S/c1-4-5-15-30(26,27)24(13-14-28-3)18-22(25)23(16-20-9-7-6-8-10-20)17-21-12-11-19(2)29-21/h6-12H,4-5,13-18H2,1-3H3. The lowest BCUT2D eigenvalue weighted by Crippen LogP contribution is -2.44. The molecule has 1 heterocycles. The number of hydrogen-bond donors (Lipinski definition) is 0. The third-order valence-corrected chi connectivity index (χ3v) is 6.62. The quantitative estimate of drug-likeness (QED) is 0.482. The number of aryl methyl sites for hydroxylation is 1. The van der Waals surface area contributed by atoms with Crippen molar-refractivity contribution in [2.45, 2.75) is 39.8 Å². The Morgan fingerprint density at radius 3 is 2.43 bits per heavy atom. The minimum Gasteiger partial charge on any atom is -0.464 e. The lowest BCUT2D eigenvalue weighted by Gasteiger charge is -2.27. The summed E-state index contributed by atoms with van der Waals surface area (Å²) in [6.07, 6.45) is 1.32. The van der Waals surface area contributed by atoms with Crippen LogP contribution in [0.5, 0.6) is 0 Å². The maximum atomic E-state index is 13.2. The average molecular weight is 437 g/mol. The van der Waals surface area contributed by atoms with Gasteiger partial charge in [-0.25, -0.2) is 8.42 Å². The molecule has 1 aromatic carbocycles. The van der Waals surface area contributed by atoms with Crippen molar-refractivity contribution < 1.29 is 22.4 Å². The summed E-state index contributed by atoms with van der Waals surface area (Å²) in [4.78, 5) is 14.8. The molecule has 0 spiro atoms. The van der Waals surface area contributed by atoms with Gasteiger partial charge in [-0.1, -0.05) is 43.7 Å². The highest BCUT2D eigenvalue weighted by molar-refractivity contribution is 7.89. The number of benzene rings is 1. The van der Waals surface area contributed by atoms with Crippen molar-refractivity contribution >= 4 is 15.9 Å². The van der Waals surface area contributed by atoms with Gasteiger partial charge in [0.05, 0.1) is 25.4 Å². The SMILES string of the molecule is CCCCS(=O)(=O)N(CCOC)CC(=O)N(Cc1ccccc1)Cc1ccc(C)o1. The summed E-state index contributed by atoms with van der Waals surface area (Å²) in [5.41, 5.74) is 0.964. The van der Waals surface area contributed by atoms with Gasteiger partial charge in [-0.3, -0.25) is 4.79 Å². The first-order chi connectivity index (χ1) is 14.4. The molecule has 0 aliphatic heterocycles. The van der Waals surface area contributed by atoms with Gasteiger partial charge in [-0.05, 0) is 31.0 Å². The van der Waals surface area contributed by atoms with Crippen LogP contribution in [0.4, 0.5) is 0 Å². The highest BCUT2D eigenvalue weighted by atomic mass is 32.2. The lowest BCUT2D eigenvalue weighted by atomic mass is 10.2. The molecule has 0 fully saturated rings. The minimum atomic E-state index is -3.54. The van der Waals surface area contributed by atoms with Gasteiger partial charge < -0.3 is 14.1 Å². The second-order valence-electron chi connectivity index (χ2n) is 7.24. The van der Waals surface area contributed by atoms with Crippen molar-refractivity contribution in [3.8, 4) is 0 Å².